The zero-order chi connectivity index (χ0) is 44.7. The van der Waals surface area contributed by atoms with Gasteiger partial charge in [-0.25, -0.2) is 19.9 Å². The molecular formula is C64H38N4. The Morgan fingerprint density at radius 3 is 0.603 bits per heavy atom. The van der Waals surface area contributed by atoms with Crippen LogP contribution in [0.2, 0.25) is 0 Å². The lowest BCUT2D eigenvalue weighted by Crippen LogP contribution is -1.93. The summed E-state index contributed by atoms with van der Waals surface area (Å²) in [6.07, 6.45) is 0. The lowest BCUT2D eigenvalue weighted by Gasteiger charge is -2.15. The molecule has 0 unspecified atom stereocenters. The highest BCUT2D eigenvalue weighted by molar-refractivity contribution is 6.01. The lowest BCUT2D eigenvalue weighted by molar-refractivity contribution is 1.37. The average Bonchev–Trinajstić information content (AvgIpc) is 3.39. The third kappa shape index (κ3) is 6.69. The highest BCUT2D eigenvalue weighted by atomic mass is 14.7. The second-order valence-electron chi connectivity index (χ2n) is 18.0. The van der Waals surface area contributed by atoms with E-state index in [1.165, 1.54) is 43.1 Å². The minimum Gasteiger partial charge on any atom is -0.248 e. The molecule has 0 aliphatic rings. The SMILES string of the molecule is c1ccc2cc3nc(-c4cc(-c5cc(-c6ccc7cc8ccccc8cc7n6)cc(-c6ccc7cc8ccccc8cc7n6)c5)cc(-c5ccc6cc7ccccc7cc6n5)c4)ccc3cc2c1. The van der Waals surface area contributed by atoms with E-state index >= 15 is 0 Å². The van der Waals surface area contributed by atoms with Gasteiger partial charge in [0.25, 0.3) is 0 Å². The monoisotopic (exact) mass is 862 g/mol. The van der Waals surface area contributed by atoms with Crippen LogP contribution >= 0.6 is 0 Å². The number of pyridine rings is 4. The first-order chi connectivity index (χ1) is 33.6. The zero-order valence-electron chi connectivity index (χ0n) is 36.7. The molecule has 0 radical (unpaired) electrons. The van der Waals surface area contributed by atoms with E-state index in [2.05, 4.69) is 231 Å². The first-order valence-corrected chi connectivity index (χ1v) is 23.1. The molecule has 14 rings (SSSR count). The summed E-state index contributed by atoms with van der Waals surface area (Å²) in [5.41, 5.74) is 13.5. The number of hydrogen-bond donors (Lipinski definition) is 0. The van der Waals surface area contributed by atoms with Crippen molar-refractivity contribution < 1.29 is 0 Å². The van der Waals surface area contributed by atoms with E-state index in [1.54, 1.807) is 0 Å². The van der Waals surface area contributed by atoms with Gasteiger partial charge in [-0.05, 0) is 163 Å². The van der Waals surface area contributed by atoms with E-state index in [0.717, 1.165) is 99.8 Å². The van der Waals surface area contributed by atoms with Gasteiger partial charge in [-0.1, -0.05) is 121 Å². The van der Waals surface area contributed by atoms with Gasteiger partial charge in [-0.3, -0.25) is 0 Å². The molecule has 0 aliphatic carbocycles. The molecule has 0 saturated heterocycles. The number of benzene rings is 10. The molecule has 0 amide bonds. The molecule has 0 bridgehead atoms. The lowest BCUT2D eigenvalue weighted by atomic mass is 9.92. The number of hydrogen-bond acceptors (Lipinski definition) is 4. The fraction of sp³-hybridized carbons (Fsp3) is 0. The minimum absolute atomic E-state index is 0.894. The third-order valence-electron chi connectivity index (χ3n) is 13.6. The van der Waals surface area contributed by atoms with E-state index in [0.29, 0.717) is 0 Å². The fourth-order valence-corrected chi connectivity index (χ4v) is 10.1. The molecule has 4 aromatic heterocycles. The van der Waals surface area contributed by atoms with E-state index in [9.17, 15) is 0 Å². The van der Waals surface area contributed by atoms with Crippen molar-refractivity contribution >= 4 is 86.7 Å². The number of nitrogens with zero attached hydrogens (tertiary/aromatic N) is 4. The van der Waals surface area contributed by atoms with Crippen molar-refractivity contribution in [3.05, 3.63) is 231 Å². The van der Waals surface area contributed by atoms with Crippen LogP contribution in [-0.4, -0.2) is 19.9 Å². The normalized spacial score (nSPS) is 11.8. The van der Waals surface area contributed by atoms with Gasteiger partial charge in [0.15, 0.2) is 0 Å². The Kier molecular flexibility index (Phi) is 8.55. The van der Waals surface area contributed by atoms with Crippen molar-refractivity contribution in [3.8, 4) is 56.2 Å². The van der Waals surface area contributed by atoms with E-state index in [-0.39, 0.29) is 0 Å². The maximum atomic E-state index is 5.34. The summed E-state index contributed by atoms with van der Waals surface area (Å²) in [5, 5.41) is 13.9. The van der Waals surface area contributed by atoms with E-state index in [4.69, 9.17) is 19.9 Å². The first kappa shape index (κ1) is 38.2. The summed E-state index contributed by atoms with van der Waals surface area (Å²) in [4.78, 5) is 21.4. The number of fused-ring (bicyclic) bond motifs is 8. The molecule has 10 aromatic carbocycles. The molecule has 68 heavy (non-hydrogen) atoms. The van der Waals surface area contributed by atoms with Gasteiger partial charge in [0.2, 0.25) is 0 Å². The number of rotatable bonds is 5. The molecule has 14 aromatic rings. The fourth-order valence-electron chi connectivity index (χ4n) is 10.1. The standard InChI is InChI=1S/C64H38N4/c1-5-13-43-35-61-47(25-39(43)9-1)17-21-57(65-61)53-29-51(30-54(33-53)58-22-18-48-26-40-10-2-6-14-44(40)36-62(48)66-58)52-31-55(59-23-19-49-27-41-11-3-7-15-45(41)37-63(49)67-59)34-56(32-52)60-24-20-50-28-42-12-4-8-16-46(42)38-64(50)68-60/h1-38H. The molecule has 0 fully saturated rings. The summed E-state index contributed by atoms with van der Waals surface area (Å²) in [5.74, 6) is 0. The Labute approximate surface area is 391 Å². The molecule has 314 valence electrons. The predicted molar refractivity (Wildman–Crippen MR) is 285 cm³/mol. The summed E-state index contributed by atoms with van der Waals surface area (Å²) < 4.78 is 0. The van der Waals surface area contributed by atoms with E-state index < -0.39 is 0 Å². The second-order valence-corrected chi connectivity index (χ2v) is 18.0. The molecule has 0 spiro atoms. The third-order valence-corrected chi connectivity index (χ3v) is 13.6. The summed E-state index contributed by atoms with van der Waals surface area (Å²) >= 11 is 0. The highest BCUT2D eigenvalue weighted by Gasteiger charge is 2.16. The van der Waals surface area contributed by atoms with Gasteiger partial charge in [0.05, 0.1) is 44.8 Å². The maximum absolute atomic E-state index is 5.34. The Morgan fingerprint density at radius 2 is 0.368 bits per heavy atom. The smallest absolute Gasteiger partial charge is 0.0715 e. The first-order valence-electron chi connectivity index (χ1n) is 23.1. The summed E-state index contributed by atoms with van der Waals surface area (Å²) in [6, 6.07) is 82.5. The van der Waals surface area contributed by atoms with Crippen LogP contribution in [0.15, 0.2) is 231 Å². The second kappa shape index (κ2) is 15.2. The van der Waals surface area contributed by atoms with Gasteiger partial charge in [0, 0.05) is 43.8 Å². The molecule has 4 nitrogen and oxygen atoms in total. The Balaban J connectivity index is 0.989. The highest BCUT2D eigenvalue weighted by Crippen LogP contribution is 2.39. The van der Waals surface area contributed by atoms with Crippen LogP contribution in [-0.2, 0) is 0 Å². The quantitative estimate of drug-likeness (QED) is 0.162. The summed E-state index contributed by atoms with van der Waals surface area (Å²) in [6.45, 7) is 0. The molecule has 0 atom stereocenters. The van der Waals surface area contributed by atoms with Gasteiger partial charge in [0.1, 0.15) is 0 Å². The van der Waals surface area contributed by atoms with Crippen molar-refractivity contribution in [1.29, 1.82) is 0 Å². The van der Waals surface area contributed by atoms with Crippen LogP contribution in [0.4, 0.5) is 0 Å². The van der Waals surface area contributed by atoms with Crippen molar-refractivity contribution in [2.24, 2.45) is 0 Å². The van der Waals surface area contributed by atoms with Crippen molar-refractivity contribution in [2.45, 2.75) is 0 Å². The molecular weight excluding hydrogens is 825 g/mol. The molecule has 0 N–H and O–H groups in total. The Morgan fingerprint density at radius 1 is 0.162 bits per heavy atom. The molecule has 0 aliphatic heterocycles. The largest absolute Gasteiger partial charge is 0.248 e. The molecule has 4 heterocycles. The van der Waals surface area contributed by atoms with Crippen LogP contribution in [0.1, 0.15) is 0 Å². The zero-order valence-corrected chi connectivity index (χ0v) is 36.7. The van der Waals surface area contributed by atoms with Crippen molar-refractivity contribution in [1.82, 2.24) is 19.9 Å². The number of aromatic nitrogens is 4. The average molecular weight is 863 g/mol. The van der Waals surface area contributed by atoms with Crippen LogP contribution in [0.5, 0.6) is 0 Å². The molecule has 0 saturated carbocycles. The van der Waals surface area contributed by atoms with Crippen molar-refractivity contribution in [3.63, 3.8) is 0 Å². The maximum Gasteiger partial charge on any atom is 0.0715 e. The summed E-state index contributed by atoms with van der Waals surface area (Å²) in [7, 11) is 0. The van der Waals surface area contributed by atoms with Gasteiger partial charge in [-0.15, -0.1) is 0 Å². The van der Waals surface area contributed by atoms with Crippen LogP contribution in [0, 0.1) is 0 Å². The Bertz CT molecular complexity index is 3840. The minimum atomic E-state index is 0.894. The van der Waals surface area contributed by atoms with E-state index in [1.807, 2.05) is 0 Å². The van der Waals surface area contributed by atoms with Crippen LogP contribution in [0.25, 0.3) is 143 Å². The van der Waals surface area contributed by atoms with Crippen molar-refractivity contribution in [2.75, 3.05) is 0 Å². The Hall–Kier alpha value is -9.12. The van der Waals surface area contributed by atoms with Crippen LogP contribution < -0.4 is 0 Å². The van der Waals surface area contributed by atoms with Gasteiger partial charge in [-0.2, -0.15) is 0 Å². The van der Waals surface area contributed by atoms with Gasteiger partial charge >= 0.3 is 0 Å². The predicted octanol–water partition coefficient (Wildman–Crippen LogP) is 16.8. The van der Waals surface area contributed by atoms with Crippen LogP contribution in [0.3, 0.4) is 0 Å². The topological polar surface area (TPSA) is 51.6 Å². The molecule has 4 heteroatoms. The van der Waals surface area contributed by atoms with Gasteiger partial charge < -0.3 is 0 Å².